The van der Waals surface area contributed by atoms with E-state index < -0.39 is 6.04 Å². The van der Waals surface area contributed by atoms with E-state index in [4.69, 9.17) is 4.74 Å². The molecule has 1 atom stereocenters. The van der Waals surface area contributed by atoms with Gasteiger partial charge in [-0.15, -0.1) is 0 Å². The Morgan fingerprint density at radius 1 is 1.04 bits per heavy atom. The van der Waals surface area contributed by atoms with Crippen LogP contribution in [0.1, 0.15) is 12.8 Å². The zero-order valence-corrected chi connectivity index (χ0v) is 13.4. The smallest absolute Gasteiger partial charge is 0.261 e. The highest BCUT2D eigenvalue weighted by Crippen LogP contribution is 2.20. The van der Waals surface area contributed by atoms with Crippen molar-refractivity contribution < 1.29 is 14.3 Å². The fourth-order valence-corrected chi connectivity index (χ4v) is 2.83. The summed E-state index contributed by atoms with van der Waals surface area (Å²) in [7, 11) is 0. The predicted octanol–water partition coefficient (Wildman–Crippen LogP) is 2.70. The number of likely N-dealkylation sites (tertiary alicyclic amines) is 1. The molecule has 1 aliphatic rings. The minimum absolute atomic E-state index is 0.0564. The fourth-order valence-electron chi connectivity index (χ4n) is 2.83. The number of carbonyl (C=O) groups is 2. The average Bonchev–Trinajstić information content (AvgIpc) is 3.11. The second-order valence-corrected chi connectivity index (χ2v) is 5.70. The molecule has 5 heteroatoms. The molecule has 1 unspecified atom stereocenters. The monoisotopic (exact) mass is 324 g/mol. The van der Waals surface area contributed by atoms with Crippen LogP contribution in [0, 0.1) is 0 Å². The zero-order valence-electron chi connectivity index (χ0n) is 13.4. The number of ether oxygens (including phenoxy) is 1. The number of nitrogens with one attached hydrogen (secondary N) is 1. The number of amides is 2. The van der Waals surface area contributed by atoms with Crippen LogP contribution in [0.2, 0.25) is 0 Å². The average molecular weight is 324 g/mol. The van der Waals surface area contributed by atoms with Gasteiger partial charge in [0.2, 0.25) is 5.91 Å². The van der Waals surface area contributed by atoms with Crippen molar-refractivity contribution in [1.29, 1.82) is 0 Å². The number of hydrogen-bond acceptors (Lipinski definition) is 3. The number of anilines is 1. The van der Waals surface area contributed by atoms with Crippen molar-refractivity contribution in [1.82, 2.24) is 4.90 Å². The SMILES string of the molecule is O=C(Nc1ccccc1)C1CCCN1C(=O)COc1ccccc1. The standard InChI is InChI=1S/C19H20N2O3/c22-18(14-24-16-10-5-2-6-11-16)21-13-7-12-17(21)19(23)20-15-8-3-1-4-9-15/h1-6,8-11,17H,7,12-14H2,(H,20,23). The van der Waals surface area contributed by atoms with Gasteiger partial charge in [0.15, 0.2) is 6.61 Å². The Balaban J connectivity index is 1.58. The summed E-state index contributed by atoms with van der Waals surface area (Å²) < 4.78 is 5.50. The summed E-state index contributed by atoms with van der Waals surface area (Å²) >= 11 is 0. The van der Waals surface area contributed by atoms with E-state index in [1.165, 1.54) is 0 Å². The minimum Gasteiger partial charge on any atom is -0.484 e. The Bertz CT molecular complexity index is 688. The molecule has 0 saturated carbocycles. The van der Waals surface area contributed by atoms with Crippen molar-refractivity contribution in [2.75, 3.05) is 18.5 Å². The van der Waals surface area contributed by atoms with Crippen LogP contribution in [0.3, 0.4) is 0 Å². The molecule has 0 radical (unpaired) electrons. The summed E-state index contributed by atoms with van der Waals surface area (Å²) in [4.78, 5) is 26.5. The Morgan fingerprint density at radius 3 is 2.42 bits per heavy atom. The van der Waals surface area contributed by atoms with E-state index in [0.29, 0.717) is 18.7 Å². The second-order valence-electron chi connectivity index (χ2n) is 5.70. The summed E-state index contributed by atoms with van der Waals surface area (Å²) in [6, 6.07) is 18.0. The second kappa shape index (κ2) is 7.64. The highest BCUT2D eigenvalue weighted by molar-refractivity contribution is 5.97. The molecule has 2 aromatic rings. The molecule has 1 N–H and O–H groups in total. The molecule has 24 heavy (non-hydrogen) atoms. The molecule has 0 bridgehead atoms. The van der Waals surface area contributed by atoms with E-state index >= 15 is 0 Å². The highest BCUT2D eigenvalue weighted by atomic mass is 16.5. The van der Waals surface area contributed by atoms with Gasteiger partial charge in [0.25, 0.3) is 5.91 Å². The molecule has 2 aromatic carbocycles. The Hall–Kier alpha value is -2.82. The van der Waals surface area contributed by atoms with Crippen molar-refractivity contribution in [2.45, 2.75) is 18.9 Å². The van der Waals surface area contributed by atoms with Crippen molar-refractivity contribution in [3.05, 3.63) is 60.7 Å². The molecule has 1 aliphatic heterocycles. The van der Waals surface area contributed by atoms with Crippen LogP contribution >= 0.6 is 0 Å². The maximum Gasteiger partial charge on any atom is 0.261 e. The minimum atomic E-state index is -0.433. The number of nitrogens with zero attached hydrogens (tertiary/aromatic N) is 1. The third-order valence-corrected chi connectivity index (χ3v) is 4.02. The lowest BCUT2D eigenvalue weighted by atomic mass is 10.2. The first-order valence-corrected chi connectivity index (χ1v) is 8.07. The van der Waals surface area contributed by atoms with Crippen LogP contribution in [0.15, 0.2) is 60.7 Å². The molecule has 1 saturated heterocycles. The third kappa shape index (κ3) is 3.93. The lowest BCUT2D eigenvalue weighted by molar-refractivity contribution is -0.138. The van der Waals surface area contributed by atoms with Crippen LogP contribution in [-0.2, 0) is 9.59 Å². The lowest BCUT2D eigenvalue weighted by Gasteiger charge is -2.24. The molecule has 124 valence electrons. The maximum absolute atomic E-state index is 12.5. The maximum atomic E-state index is 12.5. The van der Waals surface area contributed by atoms with Crippen LogP contribution in [-0.4, -0.2) is 35.9 Å². The van der Waals surface area contributed by atoms with Crippen molar-refractivity contribution in [3.63, 3.8) is 0 Å². The van der Waals surface area contributed by atoms with Crippen LogP contribution in [0.4, 0.5) is 5.69 Å². The number of rotatable bonds is 5. The summed E-state index contributed by atoms with van der Waals surface area (Å²) in [6.45, 7) is 0.531. The van der Waals surface area contributed by atoms with Gasteiger partial charge in [-0.1, -0.05) is 36.4 Å². The Morgan fingerprint density at radius 2 is 1.71 bits per heavy atom. The first-order chi connectivity index (χ1) is 11.7. The summed E-state index contributed by atoms with van der Waals surface area (Å²) in [5.41, 5.74) is 0.738. The Labute approximate surface area is 141 Å². The summed E-state index contributed by atoms with van der Waals surface area (Å²) in [5, 5.41) is 2.87. The van der Waals surface area contributed by atoms with E-state index in [1.54, 1.807) is 17.0 Å². The van der Waals surface area contributed by atoms with Crippen LogP contribution in [0.25, 0.3) is 0 Å². The topological polar surface area (TPSA) is 58.6 Å². The van der Waals surface area contributed by atoms with E-state index in [0.717, 1.165) is 12.1 Å². The number of benzene rings is 2. The molecule has 0 aromatic heterocycles. The van der Waals surface area contributed by atoms with Gasteiger partial charge in [0.1, 0.15) is 11.8 Å². The molecule has 2 amide bonds. The van der Waals surface area contributed by atoms with Gasteiger partial charge in [0.05, 0.1) is 0 Å². The van der Waals surface area contributed by atoms with Gasteiger partial charge < -0.3 is 15.0 Å². The lowest BCUT2D eigenvalue weighted by Crippen LogP contribution is -2.45. The molecule has 0 aliphatic carbocycles. The normalized spacial score (nSPS) is 16.7. The van der Waals surface area contributed by atoms with Crippen molar-refractivity contribution in [3.8, 4) is 5.75 Å². The molecule has 0 spiro atoms. The fraction of sp³-hybridized carbons (Fsp3) is 0.263. The first kappa shape index (κ1) is 16.1. The van der Waals surface area contributed by atoms with Crippen molar-refractivity contribution in [2.24, 2.45) is 0 Å². The van der Waals surface area contributed by atoms with E-state index in [-0.39, 0.29) is 18.4 Å². The van der Waals surface area contributed by atoms with E-state index in [2.05, 4.69) is 5.32 Å². The van der Waals surface area contributed by atoms with Gasteiger partial charge in [-0.25, -0.2) is 0 Å². The Kier molecular flexibility index (Phi) is 5.11. The van der Waals surface area contributed by atoms with Gasteiger partial charge in [-0.2, -0.15) is 0 Å². The number of hydrogen-bond donors (Lipinski definition) is 1. The van der Waals surface area contributed by atoms with E-state index in [9.17, 15) is 9.59 Å². The largest absolute Gasteiger partial charge is 0.484 e. The molecule has 1 heterocycles. The number of para-hydroxylation sites is 2. The van der Waals surface area contributed by atoms with Gasteiger partial charge in [-0.3, -0.25) is 9.59 Å². The van der Waals surface area contributed by atoms with E-state index in [1.807, 2.05) is 48.5 Å². The quantitative estimate of drug-likeness (QED) is 0.920. The van der Waals surface area contributed by atoms with Crippen molar-refractivity contribution >= 4 is 17.5 Å². The third-order valence-electron chi connectivity index (χ3n) is 4.02. The highest BCUT2D eigenvalue weighted by Gasteiger charge is 2.34. The van der Waals surface area contributed by atoms with Gasteiger partial charge in [0, 0.05) is 12.2 Å². The van der Waals surface area contributed by atoms with Gasteiger partial charge >= 0.3 is 0 Å². The summed E-state index contributed by atoms with van der Waals surface area (Å²) in [5.74, 6) is 0.339. The molecule has 1 fully saturated rings. The predicted molar refractivity (Wildman–Crippen MR) is 91.7 cm³/mol. The zero-order chi connectivity index (χ0) is 16.8. The molecular weight excluding hydrogens is 304 g/mol. The number of carbonyl (C=O) groups excluding carboxylic acids is 2. The first-order valence-electron chi connectivity index (χ1n) is 8.07. The summed E-state index contributed by atoms with van der Waals surface area (Å²) in [6.07, 6.45) is 1.50. The van der Waals surface area contributed by atoms with Gasteiger partial charge in [-0.05, 0) is 37.1 Å². The molecule has 3 rings (SSSR count). The van der Waals surface area contributed by atoms with Crippen LogP contribution in [0.5, 0.6) is 5.75 Å². The molecule has 5 nitrogen and oxygen atoms in total. The van der Waals surface area contributed by atoms with Crippen LogP contribution < -0.4 is 10.1 Å². The molecular formula is C19H20N2O3.